The van der Waals surface area contributed by atoms with E-state index in [1.54, 1.807) is 0 Å². The molecule has 1 aliphatic carbocycles. The molecule has 1 aromatic carbocycles. The standard InChI is InChI=1S/C17H27NO2S/c1-3-18-17(13-21(19)16-7-5-6-8-16)14-9-11-15(12-10-14)20-4-2/h9-12,16-18H,3-8,13H2,1-2H3. The third-order valence-electron chi connectivity index (χ3n) is 4.05. The Balaban J connectivity index is 2.01. The van der Waals surface area contributed by atoms with Crippen molar-refractivity contribution in [3.8, 4) is 5.75 Å². The lowest BCUT2D eigenvalue weighted by Gasteiger charge is -2.20. The monoisotopic (exact) mass is 309 g/mol. The van der Waals surface area contributed by atoms with E-state index < -0.39 is 10.8 Å². The molecule has 2 rings (SSSR count). The van der Waals surface area contributed by atoms with Crippen molar-refractivity contribution in [2.24, 2.45) is 0 Å². The van der Waals surface area contributed by atoms with Gasteiger partial charge in [-0.05, 0) is 44.0 Å². The number of ether oxygens (including phenoxy) is 1. The summed E-state index contributed by atoms with van der Waals surface area (Å²) < 4.78 is 18.0. The molecule has 0 radical (unpaired) electrons. The average Bonchev–Trinajstić information content (AvgIpc) is 3.02. The average molecular weight is 309 g/mol. The maximum atomic E-state index is 12.5. The number of nitrogens with one attached hydrogen (secondary N) is 1. The molecule has 0 bridgehead atoms. The topological polar surface area (TPSA) is 38.3 Å². The van der Waals surface area contributed by atoms with Crippen molar-refractivity contribution in [3.05, 3.63) is 29.8 Å². The Hall–Kier alpha value is -0.870. The summed E-state index contributed by atoms with van der Waals surface area (Å²) in [6.07, 6.45) is 4.75. The van der Waals surface area contributed by atoms with Gasteiger partial charge in [-0.15, -0.1) is 0 Å². The van der Waals surface area contributed by atoms with Crippen LogP contribution in [0.15, 0.2) is 24.3 Å². The lowest BCUT2D eigenvalue weighted by molar-refractivity contribution is 0.340. The summed E-state index contributed by atoms with van der Waals surface area (Å²) in [5.74, 6) is 1.61. The molecule has 1 fully saturated rings. The predicted molar refractivity (Wildman–Crippen MR) is 89.3 cm³/mol. The van der Waals surface area contributed by atoms with Crippen molar-refractivity contribution in [2.45, 2.75) is 50.8 Å². The first-order valence-electron chi connectivity index (χ1n) is 8.08. The van der Waals surface area contributed by atoms with Crippen LogP contribution < -0.4 is 10.1 Å². The molecular formula is C17H27NO2S. The summed E-state index contributed by atoms with van der Waals surface area (Å²) in [7, 11) is -0.730. The van der Waals surface area contributed by atoms with Gasteiger partial charge in [0.05, 0.1) is 6.61 Å². The molecular weight excluding hydrogens is 282 g/mol. The molecule has 0 amide bonds. The summed E-state index contributed by atoms with van der Waals surface area (Å²) in [6, 6.07) is 8.35. The van der Waals surface area contributed by atoms with Crippen LogP contribution in [0.3, 0.4) is 0 Å². The Morgan fingerprint density at radius 3 is 2.48 bits per heavy atom. The maximum Gasteiger partial charge on any atom is 0.119 e. The maximum absolute atomic E-state index is 12.5. The molecule has 3 nitrogen and oxygen atoms in total. The molecule has 118 valence electrons. The first-order chi connectivity index (χ1) is 10.2. The SMILES string of the molecule is CCNC(CS(=O)C1CCCC1)c1ccc(OCC)cc1. The van der Waals surface area contributed by atoms with E-state index in [0.717, 1.165) is 25.1 Å². The van der Waals surface area contributed by atoms with Crippen LogP contribution in [0.1, 0.15) is 51.1 Å². The molecule has 2 atom stereocenters. The number of hydrogen-bond acceptors (Lipinski definition) is 3. The second kappa shape index (κ2) is 8.54. The molecule has 21 heavy (non-hydrogen) atoms. The van der Waals surface area contributed by atoms with E-state index in [-0.39, 0.29) is 6.04 Å². The molecule has 0 heterocycles. The van der Waals surface area contributed by atoms with Gasteiger partial charge in [-0.3, -0.25) is 4.21 Å². The van der Waals surface area contributed by atoms with Crippen molar-refractivity contribution >= 4 is 10.8 Å². The van der Waals surface area contributed by atoms with Gasteiger partial charge in [0.1, 0.15) is 5.75 Å². The minimum atomic E-state index is -0.730. The van der Waals surface area contributed by atoms with Crippen LogP contribution in [0, 0.1) is 0 Å². The summed E-state index contributed by atoms with van der Waals surface area (Å²) in [5, 5.41) is 3.88. The van der Waals surface area contributed by atoms with Crippen molar-refractivity contribution in [1.82, 2.24) is 5.32 Å². The predicted octanol–water partition coefficient (Wildman–Crippen LogP) is 3.43. The van der Waals surface area contributed by atoms with E-state index in [2.05, 4.69) is 24.4 Å². The summed E-state index contributed by atoms with van der Waals surface area (Å²) in [5.41, 5.74) is 1.20. The lowest BCUT2D eigenvalue weighted by atomic mass is 10.1. The molecule has 0 aliphatic heterocycles. The highest BCUT2D eigenvalue weighted by atomic mass is 32.2. The molecule has 1 saturated carbocycles. The van der Waals surface area contributed by atoms with Gasteiger partial charge in [-0.2, -0.15) is 0 Å². The van der Waals surface area contributed by atoms with Crippen LogP contribution >= 0.6 is 0 Å². The Bertz CT molecular complexity index is 441. The van der Waals surface area contributed by atoms with Crippen molar-refractivity contribution in [1.29, 1.82) is 0 Å². The van der Waals surface area contributed by atoms with E-state index in [1.807, 2.05) is 19.1 Å². The molecule has 0 saturated heterocycles. The van der Waals surface area contributed by atoms with E-state index in [4.69, 9.17) is 4.74 Å². The van der Waals surface area contributed by atoms with Crippen LogP contribution in [0.5, 0.6) is 5.75 Å². The fourth-order valence-corrected chi connectivity index (χ4v) is 4.70. The molecule has 1 aromatic rings. The fourth-order valence-electron chi connectivity index (χ4n) is 2.93. The summed E-state index contributed by atoms with van der Waals surface area (Å²) in [6.45, 7) is 5.65. The van der Waals surface area contributed by atoms with Gasteiger partial charge in [0.2, 0.25) is 0 Å². The van der Waals surface area contributed by atoms with Crippen LogP contribution in [0.4, 0.5) is 0 Å². The van der Waals surface area contributed by atoms with Crippen LogP contribution in [-0.4, -0.2) is 28.4 Å². The summed E-state index contributed by atoms with van der Waals surface area (Å²) in [4.78, 5) is 0. The molecule has 1 N–H and O–H groups in total. The quantitative estimate of drug-likeness (QED) is 0.799. The zero-order chi connectivity index (χ0) is 15.1. The van der Waals surface area contributed by atoms with E-state index in [1.165, 1.54) is 18.4 Å². The fraction of sp³-hybridized carbons (Fsp3) is 0.647. The lowest BCUT2D eigenvalue weighted by Crippen LogP contribution is -2.29. The molecule has 4 heteroatoms. The normalized spacial score (nSPS) is 18.6. The third kappa shape index (κ3) is 4.82. The van der Waals surface area contributed by atoms with Gasteiger partial charge in [0.25, 0.3) is 0 Å². The van der Waals surface area contributed by atoms with Gasteiger partial charge < -0.3 is 10.1 Å². The van der Waals surface area contributed by atoms with E-state index in [0.29, 0.717) is 17.6 Å². The Morgan fingerprint density at radius 1 is 1.24 bits per heavy atom. The van der Waals surface area contributed by atoms with Crippen LogP contribution in [0.25, 0.3) is 0 Å². The molecule has 1 aliphatic rings. The first-order valence-corrected chi connectivity index (χ1v) is 9.46. The highest BCUT2D eigenvalue weighted by Crippen LogP contribution is 2.26. The zero-order valence-corrected chi connectivity index (χ0v) is 14.0. The van der Waals surface area contributed by atoms with Crippen LogP contribution in [0.2, 0.25) is 0 Å². The van der Waals surface area contributed by atoms with E-state index >= 15 is 0 Å². The van der Waals surface area contributed by atoms with Gasteiger partial charge in [-0.25, -0.2) is 0 Å². The second-order valence-corrected chi connectivity index (χ2v) is 7.33. The Kier molecular flexibility index (Phi) is 6.71. The molecule has 0 aromatic heterocycles. The largest absolute Gasteiger partial charge is 0.494 e. The second-order valence-electron chi connectivity index (χ2n) is 5.57. The third-order valence-corrected chi connectivity index (χ3v) is 5.93. The van der Waals surface area contributed by atoms with Crippen molar-refractivity contribution in [3.63, 3.8) is 0 Å². The van der Waals surface area contributed by atoms with Crippen LogP contribution in [-0.2, 0) is 10.8 Å². The highest BCUT2D eigenvalue weighted by molar-refractivity contribution is 7.85. The number of benzene rings is 1. The summed E-state index contributed by atoms with van der Waals surface area (Å²) >= 11 is 0. The smallest absolute Gasteiger partial charge is 0.119 e. The van der Waals surface area contributed by atoms with Gasteiger partial charge >= 0.3 is 0 Å². The highest BCUT2D eigenvalue weighted by Gasteiger charge is 2.24. The minimum absolute atomic E-state index is 0.173. The zero-order valence-electron chi connectivity index (χ0n) is 13.1. The number of rotatable bonds is 8. The molecule has 0 spiro atoms. The Morgan fingerprint density at radius 2 is 1.90 bits per heavy atom. The van der Waals surface area contributed by atoms with Crippen molar-refractivity contribution < 1.29 is 8.95 Å². The number of hydrogen-bond donors (Lipinski definition) is 1. The van der Waals surface area contributed by atoms with Gasteiger partial charge in [0, 0.05) is 27.8 Å². The van der Waals surface area contributed by atoms with Crippen molar-refractivity contribution in [2.75, 3.05) is 18.9 Å². The minimum Gasteiger partial charge on any atom is -0.494 e. The van der Waals surface area contributed by atoms with E-state index in [9.17, 15) is 4.21 Å². The Labute approximate surface area is 130 Å². The molecule has 2 unspecified atom stereocenters. The van der Waals surface area contributed by atoms with Gasteiger partial charge in [-0.1, -0.05) is 31.9 Å². The first kappa shape index (κ1) is 16.5. The van der Waals surface area contributed by atoms with Gasteiger partial charge in [0.15, 0.2) is 0 Å².